The Kier molecular flexibility index (Phi) is 4.89. The van der Waals surface area contributed by atoms with E-state index in [4.69, 9.17) is 0 Å². The molecule has 0 aliphatic heterocycles. The van der Waals surface area contributed by atoms with Gasteiger partial charge in [0.25, 0.3) is 0 Å². The number of pyridine rings is 1. The van der Waals surface area contributed by atoms with E-state index in [0.29, 0.717) is 5.56 Å². The molecule has 31 heavy (non-hydrogen) atoms. The standard InChI is InChI=1S/C21H10F6N4/c22-20(23,24)14-6-4-13(5-7-14)17-10-12-31-19(29-17)16(18(30-31)21(25,26)27)9-8-15-3-1-2-11-28-15/h1-7,10-12H. The van der Waals surface area contributed by atoms with Crippen LogP contribution in [0.5, 0.6) is 0 Å². The van der Waals surface area contributed by atoms with Gasteiger partial charge in [0, 0.05) is 18.0 Å². The second-order valence-corrected chi connectivity index (χ2v) is 6.34. The quantitative estimate of drug-likeness (QED) is 0.306. The van der Waals surface area contributed by atoms with Crippen LogP contribution >= 0.6 is 0 Å². The summed E-state index contributed by atoms with van der Waals surface area (Å²) in [6.07, 6.45) is -6.59. The SMILES string of the molecule is FC(F)(F)c1ccc(-c2ccn3nc(C(F)(F)F)c(C#Cc4ccccn4)c3n2)cc1. The topological polar surface area (TPSA) is 43.1 Å². The molecule has 156 valence electrons. The summed E-state index contributed by atoms with van der Waals surface area (Å²) < 4.78 is 79.7. The molecule has 0 aliphatic carbocycles. The molecule has 0 spiro atoms. The summed E-state index contributed by atoms with van der Waals surface area (Å²) in [5.74, 6) is 5.00. The average molecular weight is 432 g/mol. The van der Waals surface area contributed by atoms with E-state index < -0.39 is 29.2 Å². The highest BCUT2D eigenvalue weighted by Gasteiger charge is 2.38. The van der Waals surface area contributed by atoms with Gasteiger partial charge in [-0.1, -0.05) is 24.1 Å². The monoisotopic (exact) mass is 432 g/mol. The largest absolute Gasteiger partial charge is 0.436 e. The van der Waals surface area contributed by atoms with Crippen LogP contribution in [0.15, 0.2) is 60.9 Å². The molecule has 10 heteroatoms. The molecule has 0 radical (unpaired) electrons. The molecule has 0 saturated heterocycles. The van der Waals surface area contributed by atoms with Gasteiger partial charge in [-0.25, -0.2) is 14.5 Å². The van der Waals surface area contributed by atoms with E-state index in [9.17, 15) is 26.3 Å². The van der Waals surface area contributed by atoms with Crippen molar-refractivity contribution in [2.24, 2.45) is 0 Å². The van der Waals surface area contributed by atoms with Crippen molar-refractivity contribution in [1.29, 1.82) is 0 Å². The highest BCUT2D eigenvalue weighted by molar-refractivity contribution is 5.67. The molecule has 4 rings (SSSR count). The number of rotatable bonds is 1. The molecule has 1 aromatic carbocycles. The Balaban J connectivity index is 1.84. The molecule has 3 aromatic heterocycles. The Bertz CT molecular complexity index is 1290. The predicted molar refractivity (Wildman–Crippen MR) is 98.6 cm³/mol. The summed E-state index contributed by atoms with van der Waals surface area (Å²) in [6, 6.07) is 10.3. The minimum Gasteiger partial charge on any atom is -0.248 e. The summed E-state index contributed by atoms with van der Waals surface area (Å²) in [7, 11) is 0. The molecule has 0 N–H and O–H groups in total. The van der Waals surface area contributed by atoms with Gasteiger partial charge in [0.2, 0.25) is 0 Å². The van der Waals surface area contributed by atoms with Crippen molar-refractivity contribution >= 4 is 5.65 Å². The van der Waals surface area contributed by atoms with Crippen LogP contribution in [0.3, 0.4) is 0 Å². The first-order chi connectivity index (χ1) is 14.6. The molecule has 0 fully saturated rings. The van der Waals surface area contributed by atoms with Crippen molar-refractivity contribution in [3.63, 3.8) is 0 Å². The van der Waals surface area contributed by atoms with Gasteiger partial charge in [0.1, 0.15) is 11.3 Å². The van der Waals surface area contributed by atoms with Gasteiger partial charge in [0.05, 0.1) is 11.3 Å². The number of halogens is 6. The number of hydrogen-bond acceptors (Lipinski definition) is 3. The first kappa shape index (κ1) is 20.4. The lowest BCUT2D eigenvalue weighted by molar-refractivity contribution is -0.141. The number of hydrogen-bond donors (Lipinski definition) is 0. The zero-order chi connectivity index (χ0) is 22.2. The number of alkyl halides is 6. The number of nitrogens with zero attached hydrogens (tertiary/aromatic N) is 4. The Hall–Kier alpha value is -3.87. The molecule has 0 aliphatic rings. The number of fused-ring (bicyclic) bond motifs is 1. The van der Waals surface area contributed by atoms with Gasteiger partial charge in [0.15, 0.2) is 11.3 Å². The molecule has 0 bridgehead atoms. The zero-order valence-corrected chi connectivity index (χ0v) is 15.3. The summed E-state index contributed by atoms with van der Waals surface area (Å²) in [4.78, 5) is 8.13. The number of benzene rings is 1. The Morgan fingerprint density at radius 1 is 0.806 bits per heavy atom. The van der Waals surface area contributed by atoms with Gasteiger partial charge in [-0.15, -0.1) is 0 Å². The molecular weight excluding hydrogens is 422 g/mol. The van der Waals surface area contributed by atoms with Crippen molar-refractivity contribution in [3.8, 4) is 23.1 Å². The van der Waals surface area contributed by atoms with Gasteiger partial charge < -0.3 is 0 Å². The van der Waals surface area contributed by atoms with Crippen LogP contribution in [0.25, 0.3) is 16.9 Å². The van der Waals surface area contributed by atoms with Crippen LogP contribution in [0.4, 0.5) is 26.3 Å². The van der Waals surface area contributed by atoms with Crippen LogP contribution in [0, 0.1) is 11.8 Å². The van der Waals surface area contributed by atoms with Crippen LogP contribution in [-0.2, 0) is 12.4 Å². The lowest BCUT2D eigenvalue weighted by Crippen LogP contribution is -2.08. The fourth-order valence-corrected chi connectivity index (χ4v) is 2.80. The maximum Gasteiger partial charge on any atom is 0.436 e. The third-order valence-electron chi connectivity index (χ3n) is 4.24. The predicted octanol–water partition coefficient (Wildman–Crippen LogP) is 5.23. The second kappa shape index (κ2) is 7.43. The molecule has 0 atom stereocenters. The minimum atomic E-state index is -4.78. The highest BCUT2D eigenvalue weighted by atomic mass is 19.4. The van der Waals surface area contributed by atoms with Gasteiger partial charge in [-0.3, -0.25) is 0 Å². The van der Waals surface area contributed by atoms with Crippen molar-refractivity contribution in [1.82, 2.24) is 19.6 Å². The van der Waals surface area contributed by atoms with Crippen molar-refractivity contribution in [2.45, 2.75) is 12.4 Å². The maximum absolute atomic E-state index is 13.5. The van der Waals surface area contributed by atoms with Crippen LogP contribution < -0.4 is 0 Å². The Morgan fingerprint density at radius 2 is 1.55 bits per heavy atom. The molecule has 4 aromatic rings. The third kappa shape index (κ3) is 4.21. The van der Waals surface area contributed by atoms with E-state index in [1.807, 2.05) is 0 Å². The van der Waals surface area contributed by atoms with E-state index in [0.717, 1.165) is 16.6 Å². The van der Waals surface area contributed by atoms with Gasteiger partial charge in [-0.05, 0) is 36.3 Å². The van der Waals surface area contributed by atoms with Gasteiger partial charge >= 0.3 is 12.4 Å². The summed E-state index contributed by atoms with van der Waals surface area (Å²) in [6.45, 7) is 0. The summed E-state index contributed by atoms with van der Waals surface area (Å²) in [5, 5.41) is 3.53. The van der Waals surface area contributed by atoms with Crippen LogP contribution in [0.1, 0.15) is 22.5 Å². The van der Waals surface area contributed by atoms with E-state index in [-0.39, 0.29) is 17.0 Å². The van der Waals surface area contributed by atoms with Crippen molar-refractivity contribution < 1.29 is 26.3 Å². The normalized spacial score (nSPS) is 11.9. The molecule has 3 heterocycles. The molecule has 0 amide bonds. The maximum atomic E-state index is 13.5. The summed E-state index contributed by atoms with van der Waals surface area (Å²) >= 11 is 0. The Labute approximate surface area is 171 Å². The fourth-order valence-electron chi connectivity index (χ4n) is 2.80. The Morgan fingerprint density at radius 3 is 2.16 bits per heavy atom. The van der Waals surface area contributed by atoms with E-state index >= 15 is 0 Å². The molecule has 4 nitrogen and oxygen atoms in total. The zero-order valence-electron chi connectivity index (χ0n) is 15.3. The first-order valence-corrected chi connectivity index (χ1v) is 8.70. The van der Waals surface area contributed by atoms with Crippen LogP contribution in [-0.4, -0.2) is 19.6 Å². The van der Waals surface area contributed by atoms with Crippen molar-refractivity contribution in [3.05, 3.63) is 83.4 Å². The molecule has 0 saturated carbocycles. The minimum absolute atomic E-state index is 0.173. The summed E-state index contributed by atoms with van der Waals surface area (Å²) in [5.41, 5.74) is -1.95. The lowest BCUT2D eigenvalue weighted by atomic mass is 10.1. The van der Waals surface area contributed by atoms with Crippen LogP contribution in [0.2, 0.25) is 0 Å². The van der Waals surface area contributed by atoms with Crippen molar-refractivity contribution in [2.75, 3.05) is 0 Å². The van der Waals surface area contributed by atoms with E-state index in [1.165, 1.54) is 36.7 Å². The smallest absolute Gasteiger partial charge is 0.248 e. The lowest BCUT2D eigenvalue weighted by Gasteiger charge is -2.07. The molecular formula is C21H10F6N4. The average Bonchev–Trinajstić information content (AvgIpc) is 3.11. The second-order valence-electron chi connectivity index (χ2n) is 6.34. The number of aromatic nitrogens is 4. The van der Waals surface area contributed by atoms with E-state index in [2.05, 4.69) is 26.9 Å². The molecule has 0 unspecified atom stereocenters. The third-order valence-corrected chi connectivity index (χ3v) is 4.24. The van der Waals surface area contributed by atoms with Gasteiger partial charge in [-0.2, -0.15) is 31.4 Å². The highest BCUT2D eigenvalue weighted by Crippen LogP contribution is 2.33. The fraction of sp³-hybridized carbons (Fsp3) is 0.0952. The van der Waals surface area contributed by atoms with E-state index in [1.54, 1.807) is 12.1 Å². The first-order valence-electron chi connectivity index (χ1n) is 8.70.